The molecule has 0 atom stereocenters. The molecule has 22 heavy (non-hydrogen) atoms. The van der Waals surface area contributed by atoms with Gasteiger partial charge in [-0.05, 0) is 19.1 Å². The third-order valence-corrected chi connectivity index (χ3v) is 2.73. The Morgan fingerprint density at radius 1 is 1.36 bits per heavy atom. The molecule has 0 radical (unpaired) electrons. The fourth-order valence-electron chi connectivity index (χ4n) is 1.71. The number of carbonyl (C=O) groups excluding carboxylic acids is 2. The van der Waals surface area contributed by atoms with Crippen LogP contribution in [0.2, 0.25) is 0 Å². The van der Waals surface area contributed by atoms with Crippen LogP contribution in [0.3, 0.4) is 0 Å². The molecule has 0 unspecified atom stereocenters. The van der Waals surface area contributed by atoms with E-state index in [9.17, 15) is 19.7 Å². The number of ether oxygens (including phenoxy) is 1. The minimum Gasteiger partial charge on any atom is -0.465 e. The molecule has 0 heterocycles. The molecule has 0 bridgehead atoms. The molecule has 1 amide bonds. The number of carbonyl (C=O) groups is 2. The van der Waals surface area contributed by atoms with Crippen molar-refractivity contribution in [3.8, 4) is 6.07 Å². The topological polar surface area (TPSA) is 114 Å². The van der Waals surface area contributed by atoms with Crippen LogP contribution in [0, 0.1) is 21.4 Å². The summed E-state index contributed by atoms with van der Waals surface area (Å²) in [5.41, 5.74) is 0.0679. The van der Waals surface area contributed by atoms with Crippen molar-refractivity contribution in [1.29, 1.82) is 5.26 Å². The SMILES string of the molecule is CCOC(=O)CN(CCC#N)C(=O)c1ccc([N+](=O)[O-])cc1. The van der Waals surface area contributed by atoms with Gasteiger partial charge in [-0.2, -0.15) is 5.26 Å². The molecular formula is C14H15N3O5. The molecular weight excluding hydrogens is 290 g/mol. The summed E-state index contributed by atoms with van der Waals surface area (Å²) in [6.45, 7) is 1.64. The second kappa shape index (κ2) is 8.36. The maximum Gasteiger partial charge on any atom is 0.325 e. The van der Waals surface area contributed by atoms with E-state index in [0.717, 1.165) is 0 Å². The summed E-state index contributed by atoms with van der Waals surface area (Å²) >= 11 is 0. The van der Waals surface area contributed by atoms with Gasteiger partial charge in [0.25, 0.3) is 11.6 Å². The molecule has 0 fully saturated rings. The lowest BCUT2D eigenvalue weighted by Gasteiger charge is -2.20. The third-order valence-electron chi connectivity index (χ3n) is 2.73. The van der Waals surface area contributed by atoms with Gasteiger partial charge in [0, 0.05) is 24.2 Å². The van der Waals surface area contributed by atoms with Crippen molar-refractivity contribution in [3.63, 3.8) is 0 Å². The number of nitro groups is 1. The number of nitriles is 1. The Bertz CT molecular complexity index is 591. The van der Waals surface area contributed by atoms with Gasteiger partial charge in [0.05, 0.1) is 24.0 Å². The lowest BCUT2D eigenvalue weighted by atomic mass is 10.1. The van der Waals surface area contributed by atoms with Crippen LogP contribution >= 0.6 is 0 Å². The predicted octanol–water partition coefficient (Wildman–Crippen LogP) is 1.51. The molecule has 0 aliphatic carbocycles. The van der Waals surface area contributed by atoms with Crippen molar-refractivity contribution in [1.82, 2.24) is 4.90 Å². The van der Waals surface area contributed by atoms with E-state index in [2.05, 4.69) is 0 Å². The first-order valence-electron chi connectivity index (χ1n) is 6.56. The molecule has 0 N–H and O–H groups in total. The monoisotopic (exact) mass is 305 g/mol. The minimum absolute atomic E-state index is 0.0676. The van der Waals surface area contributed by atoms with E-state index in [1.54, 1.807) is 6.92 Å². The number of esters is 1. The van der Waals surface area contributed by atoms with E-state index in [1.165, 1.54) is 29.2 Å². The molecule has 1 aromatic rings. The Labute approximate surface area is 127 Å². The zero-order valence-electron chi connectivity index (χ0n) is 12.0. The van der Waals surface area contributed by atoms with Crippen molar-refractivity contribution in [2.24, 2.45) is 0 Å². The van der Waals surface area contributed by atoms with E-state index in [1.807, 2.05) is 6.07 Å². The van der Waals surface area contributed by atoms with E-state index >= 15 is 0 Å². The molecule has 0 spiro atoms. The number of benzene rings is 1. The quantitative estimate of drug-likeness (QED) is 0.428. The fraction of sp³-hybridized carbons (Fsp3) is 0.357. The van der Waals surface area contributed by atoms with E-state index in [4.69, 9.17) is 10.00 Å². The van der Waals surface area contributed by atoms with Gasteiger partial charge in [-0.3, -0.25) is 19.7 Å². The molecule has 0 aliphatic heterocycles. The van der Waals surface area contributed by atoms with Crippen molar-refractivity contribution in [3.05, 3.63) is 39.9 Å². The summed E-state index contributed by atoms with van der Waals surface area (Å²) < 4.78 is 4.78. The van der Waals surface area contributed by atoms with Crippen LogP contribution in [0.15, 0.2) is 24.3 Å². The van der Waals surface area contributed by atoms with Gasteiger partial charge in [-0.1, -0.05) is 0 Å². The average Bonchev–Trinajstić information content (AvgIpc) is 2.51. The third kappa shape index (κ3) is 4.86. The summed E-state index contributed by atoms with van der Waals surface area (Å²) in [6.07, 6.45) is 0.0676. The van der Waals surface area contributed by atoms with Gasteiger partial charge in [-0.15, -0.1) is 0 Å². The summed E-state index contributed by atoms with van der Waals surface area (Å²) in [6, 6.07) is 6.94. The molecule has 116 valence electrons. The highest BCUT2D eigenvalue weighted by Crippen LogP contribution is 2.14. The number of hydrogen-bond donors (Lipinski definition) is 0. The second-order valence-electron chi connectivity index (χ2n) is 4.24. The first kappa shape index (κ1) is 17.1. The van der Waals surface area contributed by atoms with Gasteiger partial charge in [-0.25, -0.2) is 0 Å². The molecule has 1 aromatic carbocycles. The number of nitrogens with zero attached hydrogens (tertiary/aromatic N) is 3. The van der Waals surface area contributed by atoms with Gasteiger partial charge >= 0.3 is 5.97 Å². The Balaban J connectivity index is 2.88. The number of non-ortho nitro benzene ring substituents is 1. The van der Waals surface area contributed by atoms with Crippen molar-refractivity contribution < 1.29 is 19.2 Å². The Kier molecular flexibility index (Phi) is 6.50. The van der Waals surface area contributed by atoms with Crippen molar-refractivity contribution in [2.75, 3.05) is 19.7 Å². The summed E-state index contributed by atoms with van der Waals surface area (Å²) in [5.74, 6) is -1.06. The number of rotatable bonds is 7. The maximum absolute atomic E-state index is 12.3. The highest BCUT2D eigenvalue weighted by molar-refractivity contribution is 5.96. The van der Waals surface area contributed by atoms with Crippen LogP contribution in [0.5, 0.6) is 0 Å². The van der Waals surface area contributed by atoms with E-state index in [0.29, 0.717) is 0 Å². The highest BCUT2D eigenvalue weighted by atomic mass is 16.6. The van der Waals surface area contributed by atoms with Crippen LogP contribution in [0.4, 0.5) is 5.69 Å². The molecule has 0 saturated carbocycles. The summed E-state index contributed by atoms with van der Waals surface area (Å²) in [4.78, 5) is 35.0. The zero-order valence-corrected chi connectivity index (χ0v) is 12.0. The number of hydrogen-bond acceptors (Lipinski definition) is 6. The van der Waals surface area contributed by atoms with Crippen LogP contribution in [-0.2, 0) is 9.53 Å². The Morgan fingerprint density at radius 2 is 2.00 bits per heavy atom. The molecule has 0 saturated heterocycles. The molecule has 8 nitrogen and oxygen atoms in total. The van der Waals surface area contributed by atoms with Crippen LogP contribution in [0.1, 0.15) is 23.7 Å². The first-order chi connectivity index (χ1) is 10.5. The molecule has 1 rings (SSSR count). The second-order valence-corrected chi connectivity index (χ2v) is 4.24. The van der Waals surface area contributed by atoms with Gasteiger partial charge in [0.15, 0.2) is 0 Å². The standard InChI is InChI=1S/C14H15N3O5/c1-2-22-13(18)10-16(9-3-8-15)14(19)11-4-6-12(7-5-11)17(20)21/h4-7H,2-3,9-10H2,1H3. The summed E-state index contributed by atoms with van der Waals surface area (Å²) in [5, 5.41) is 19.2. The molecule has 0 aromatic heterocycles. The molecule has 8 heteroatoms. The minimum atomic E-state index is -0.573. The first-order valence-corrected chi connectivity index (χ1v) is 6.56. The van der Waals surface area contributed by atoms with Crippen LogP contribution < -0.4 is 0 Å². The predicted molar refractivity (Wildman–Crippen MR) is 75.9 cm³/mol. The van der Waals surface area contributed by atoms with Gasteiger partial charge in [0.2, 0.25) is 0 Å². The maximum atomic E-state index is 12.3. The van der Waals surface area contributed by atoms with Crippen molar-refractivity contribution >= 4 is 17.6 Å². The zero-order chi connectivity index (χ0) is 16.5. The van der Waals surface area contributed by atoms with Gasteiger partial charge in [0.1, 0.15) is 6.54 Å². The smallest absolute Gasteiger partial charge is 0.325 e. The fourth-order valence-corrected chi connectivity index (χ4v) is 1.71. The normalized spacial score (nSPS) is 9.64. The lowest BCUT2D eigenvalue weighted by molar-refractivity contribution is -0.384. The van der Waals surface area contributed by atoms with Crippen LogP contribution in [-0.4, -0.2) is 41.4 Å². The average molecular weight is 305 g/mol. The lowest BCUT2D eigenvalue weighted by Crippen LogP contribution is -2.37. The number of amides is 1. The van der Waals surface area contributed by atoms with Crippen molar-refractivity contribution in [2.45, 2.75) is 13.3 Å². The van der Waals surface area contributed by atoms with Gasteiger partial charge < -0.3 is 9.64 Å². The highest BCUT2D eigenvalue weighted by Gasteiger charge is 2.20. The Morgan fingerprint density at radius 3 is 2.50 bits per heavy atom. The summed E-state index contributed by atoms with van der Waals surface area (Å²) in [7, 11) is 0. The Hall–Kier alpha value is -2.95. The van der Waals surface area contributed by atoms with E-state index < -0.39 is 16.8 Å². The molecule has 0 aliphatic rings. The largest absolute Gasteiger partial charge is 0.465 e. The van der Waals surface area contributed by atoms with E-state index in [-0.39, 0.29) is 37.4 Å². The van der Waals surface area contributed by atoms with Crippen LogP contribution in [0.25, 0.3) is 0 Å². The number of nitro benzene ring substituents is 1.